The first-order valence-corrected chi connectivity index (χ1v) is 10.8. The van der Waals surface area contributed by atoms with Crippen molar-refractivity contribution in [2.75, 3.05) is 21.3 Å². The van der Waals surface area contributed by atoms with Crippen LogP contribution in [0.5, 0.6) is 17.2 Å². The Hall–Kier alpha value is -3.54. The second-order valence-corrected chi connectivity index (χ2v) is 7.97. The Balaban J connectivity index is 2.37. The maximum absolute atomic E-state index is 10.9. The molecule has 6 heteroatoms. The van der Waals surface area contributed by atoms with E-state index in [0.29, 0.717) is 23.7 Å². The summed E-state index contributed by atoms with van der Waals surface area (Å²) in [5, 5.41) is 10.9. The molecule has 0 unspecified atom stereocenters. The van der Waals surface area contributed by atoms with E-state index >= 15 is 0 Å². The summed E-state index contributed by atoms with van der Waals surface area (Å²) in [5.41, 5.74) is 5.23. The van der Waals surface area contributed by atoms with Crippen molar-refractivity contribution < 1.29 is 19.1 Å². The van der Waals surface area contributed by atoms with Gasteiger partial charge in [-0.3, -0.25) is 10.1 Å². The number of rotatable bonds is 11. The van der Waals surface area contributed by atoms with Crippen molar-refractivity contribution in [2.24, 2.45) is 0 Å². The Bertz CT molecular complexity index is 1050. The molecule has 0 amide bonds. The first kappa shape index (κ1) is 25.7. The summed E-state index contributed by atoms with van der Waals surface area (Å²) in [4.78, 5) is 10.4. The number of methoxy groups -OCH3 is 3. The van der Waals surface area contributed by atoms with Crippen LogP contribution >= 0.6 is 0 Å². The van der Waals surface area contributed by atoms with Gasteiger partial charge in [-0.25, -0.2) is 0 Å². The lowest BCUT2D eigenvalue weighted by Crippen LogP contribution is -2.01. The van der Waals surface area contributed by atoms with Gasteiger partial charge in [0.25, 0.3) is 5.69 Å². The number of nitro groups is 1. The van der Waals surface area contributed by atoms with E-state index in [2.05, 4.69) is 32.9 Å². The molecule has 2 rings (SSSR count). The van der Waals surface area contributed by atoms with Crippen LogP contribution in [0.1, 0.15) is 50.3 Å². The van der Waals surface area contributed by atoms with Gasteiger partial charge in [-0.1, -0.05) is 35.5 Å². The normalized spacial score (nSPS) is 11.4. The fraction of sp³-hybridized carbons (Fsp3) is 0.333. The van der Waals surface area contributed by atoms with Gasteiger partial charge in [0.05, 0.1) is 26.3 Å². The number of allylic oxidation sites excluding steroid dienone is 4. The summed E-state index contributed by atoms with van der Waals surface area (Å²) in [5.74, 6) is 1.96. The summed E-state index contributed by atoms with van der Waals surface area (Å²) in [6.45, 7) is 6.35. The highest BCUT2D eigenvalue weighted by atomic mass is 16.6. The van der Waals surface area contributed by atoms with Crippen molar-refractivity contribution in [3.8, 4) is 17.2 Å². The Kier molecular flexibility index (Phi) is 9.73. The predicted molar refractivity (Wildman–Crippen MR) is 134 cm³/mol. The average Bonchev–Trinajstić information content (AvgIpc) is 2.80. The van der Waals surface area contributed by atoms with Crippen LogP contribution < -0.4 is 14.2 Å². The van der Waals surface area contributed by atoms with Crippen molar-refractivity contribution in [2.45, 2.75) is 40.0 Å². The number of ether oxygens (including phenoxy) is 3. The maximum atomic E-state index is 10.9. The number of non-ortho nitro benzene ring substituents is 1. The Morgan fingerprint density at radius 1 is 0.939 bits per heavy atom. The standard InChI is InChI=1S/C27H33NO5/c1-19(2)8-7-9-20(3)10-17-24-25(31-4)18-22(26(32-5)27(24)33-6)14-11-21-12-15-23(16-13-21)28(29)30/h8,10-16,18H,7,9,17H2,1-6H3. The van der Waals surface area contributed by atoms with Gasteiger partial charge in [0.15, 0.2) is 11.5 Å². The molecule has 0 heterocycles. The fourth-order valence-electron chi connectivity index (χ4n) is 3.46. The lowest BCUT2D eigenvalue weighted by atomic mass is 10.0. The molecule has 0 saturated carbocycles. The minimum absolute atomic E-state index is 0.0571. The summed E-state index contributed by atoms with van der Waals surface area (Å²) in [6.07, 6.45) is 10.9. The van der Waals surface area contributed by atoms with Crippen LogP contribution in [0.2, 0.25) is 0 Å². The highest BCUT2D eigenvalue weighted by Crippen LogP contribution is 2.42. The van der Waals surface area contributed by atoms with Crippen molar-refractivity contribution in [3.05, 3.63) is 80.4 Å². The topological polar surface area (TPSA) is 70.8 Å². The highest BCUT2D eigenvalue weighted by Gasteiger charge is 2.19. The largest absolute Gasteiger partial charge is 0.496 e. The zero-order chi connectivity index (χ0) is 24.4. The summed E-state index contributed by atoms with van der Waals surface area (Å²) in [7, 11) is 4.87. The molecule has 6 nitrogen and oxygen atoms in total. The van der Waals surface area contributed by atoms with Crippen LogP contribution in [0, 0.1) is 10.1 Å². The molecule has 2 aromatic rings. The third kappa shape index (κ3) is 7.24. The van der Waals surface area contributed by atoms with E-state index < -0.39 is 4.92 Å². The van der Waals surface area contributed by atoms with Crippen LogP contribution in [0.4, 0.5) is 5.69 Å². The van der Waals surface area contributed by atoms with E-state index in [4.69, 9.17) is 14.2 Å². The number of nitrogens with zero attached hydrogens (tertiary/aromatic N) is 1. The van der Waals surface area contributed by atoms with Gasteiger partial charge >= 0.3 is 0 Å². The number of hydrogen-bond donors (Lipinski definition) is 0. The van der Waals surface area contributed by atoms with Gasteiger partial charge in [-0.15, -0.1) is 0 Å². The van der Waals surface area contributed by atoms with Crippen molar-refractivity contribution >= 4 is 17.8 Å². The minimum Gasteiger partial charge on any atom is -0.496 e. The van der Waals surface area contributed by atoms with Gasteiger partial charge in [0, 0.05) is 23.3 Å². The highest BCUT2D eigenvalue weighted by molar-refractivity contribution is 5.77. The smallest absolute Gasteiger partial charge is 0.269 e. The monoisotopic (exact) mass is 451 g/mol. The fourth-order valence-corrected chi connectivity index (χ4v) is 3.46. The van der Waals surface area contributed by atoms with E-state index in [1.165, 1.54) is 23.3 Å². The van der Waals surface area contributed by atoms with Crippen LogP contribution in [-0.4, -0.2) is 26.3 Å². The lowest BCUT2D eigenvalue weighted by Gasteiger charge is -2.18. The van der Waals surface area contributed by atoms with Gasteiger partial charge in [0.2, 0.25) is 0 Å². The molecular weight excluding hydrogens is 418 g/mol. The second-order valence-electron chi connectivity index (χ2n) is 7.97. The molecule has 0 aliphatic carbocycles. The third-order valence-electron chi connectivity index (χ3n) is 5.26. The average molecular weight is 452 g/mol. The molecular formula is C27H33NO5. The zero-order valence-corrected chi connectivity index (χ0v) is 20.3. The molecule has 0 aromatic heterocycles. The molecule has 33 heavy (non-hydrogen) atoms. The number of hydrogen-bond acceptors (Lipinski definition) is 5. The van der Waals surface area contributed by atoms with E-state index in [9.17, 15) is 10.1 Å². The Morgan fingerprint density at radius 2 is 1.61 bits per heavy atom. The third-order valence-corrected chi connectivity index (χ3v) is 5.26. The van der Waals surface area contributed by atoms with Crippen LogP contribution in [0.25, 0.3) is 12.2 Å². The lowest BCUT2D eigenvalue weighted by molar-refractivity contribution is -0.384. The second kappa shape index (κ2) is 12.5. The van der Waals surface area contributed by atoms with Gasteiger partial charge in [-0.2, -0.15) is 0 Å². The van der Waals surface area contributed by atoms with E-state index in [-0.39, 0.29) is 5.69 Å². The van der Waals surface area contributed by atoms with Crippen molar-refractivity contribution in [3.63, 3.8) is 0 Å². The minimum atomic E-state index is -0.414. The summed E-state index contributed by atoms with van der Waals surface area (Å²) < 4.78 is 17.1. The first-order chi connectivity index (χ1) is 15.8. The number of nitro benzene ring substituents is 1. The molecule has 176 valence electrons. The maximum Gasteiger partial charge on any atom is 0.269 e. The molecule has 0 N–H and O–H groups in total. The summed E-state index contributed by atoms with van der Waals surface area (Å²) in [6, 6.07) is 8.28. The van der Waals surface area contributed by atoms with Crippen molar-refractivity contribution in [1.29, 1.82) is 0 Å². The van der Waals surface area contributed by atoms with Crippen molar-refractivity contribution in [1.82, 2.24) is 0 Å². The van der Waals surface area contributed by atoms with Gasteiger partial charge in [-0.05, 0) is 63.8 Å². The molecule has 0 aliphatic rings. The summed E-state index contributed by atoms with van der Waals surface area (Å²) >= 11 is 0. The molecule has 2 aromatic carbocycles. The van der Waals surface area contributed by atoms with E-state index in [0.717, 1.165) is 29.5 Å². The van der Waals surface area contributed by atoms with Gasteiger partial charge in [0.1, 0.15) is 5.75 Å². The van der Waals surface area contributed by atoms with E-state index in [1.54, 1.807) is 33.5 Å². The number of benzene rings is 2. The molecule has 0 saturated heterocycles. The van der Waals surface area contributed by atoms with E-state index in [1.807, 2.05) is 18.2 Å². The molecule has 0 fully saturated rings. The quantitative estimate of drug-likeness (QED) is 0.159. The Labute approximate surface area is 196 Å². The first-order valence-electron chi connectivity index (χ1n) is 10.8. The van der Waals surface area contributed by atoms with Crippen LogP contribution in [-0.2, 0) is 6.42 Å². The van der Waals surface area contributed by atoms with Crippen LogP contribution in [0.3, 0.4) is 0 Å². The Morgan fingerprint density at radius 3 is 2.15 bits per heavy atom. The predicted octanol–water partition coefficient (Wildman–Crippen LogP) is 7.03. The van der Waals surface area contributed by atoms with Crippen LogP contribution in [0.15, 0.2) is 53.6 Å². The SMILES string of the molecule is COc1cc(C=Cc2ccc([N+](=O)[O-])cc2)c(OC)c(OC)c1CC=C(C)CCC=C(C)C. The molecule has 0 aliphatic heterocycles. The zero-order valence-electron chi connectivity index (χ0n) is 20.3. The molecule has 0 spiro atoms. The molecule has 0 radical (unpaired) electrons. The molecule has 0 atom stereocenters. The van der Waals surface area contributed by atoms with Gasteiger partial charge < -0.3 is 14.2 Å². The molecule has 0 bridgehead atoms.